The van der Waals surface area contributed by atoms with Gasteiger partial charge < -0.3 is 9.64 Å². The van der Waals surface area contributed by atoms with Gasteiger partial charge in [0.05, 0.1) is 34.6 Å². The number of ether oxygens (including phenoxy) is 1. The van der Waals surface area contributed by atoms with Crippen LogP contribution >= 0.6 is 11.3 Å². The van der Waals surface area contributed by atoms with E-state index in [0.717, 1.165) is 68.4 Å². The highest BCUT2D eigenvalue weighted by atomic mass is 32.1. The smallest absolute Gasteiger partial charge is 0.257 e. The van der Waals surface area contributed by atoms with E-state index < -0.39 is 0 Å². The van der Waals surface area contributed by atoms with Crippen LogP contribution in [0.15, 0.2) is 36.0 Å². The fourth-order valence-corrected chi connectivity index (χ4v) is 4.70. The lowest BCUT2D eigenvalue weighted by Crippen LogP contribution is -2.49. The Morgan fingerprint density at radius 3 is 2.77 bits per heavy atom. The molecule has 8 nitrogen and oxygen atoms in total. The van der Waals surface area contributed by atoms with Gasteiger partial charge in [-0.25, -0.2) is 14.6 Å². The molecule has 9 heteroatoms. The molecule has 1 saturated heterocycles. The Balaban J connectivity index is 1.39. The normalized spacial score (nSPS) is 17.3. The second-order valence-corrected chi connectivity index (χ2v) is 8.92. The first-order chi connectivity index (χ1) is 15.2. The number of hydrogen-bond donors (Lipinski definition) is 0. The molecule has 1 amide bonds. The average Bonchev–Trinajstić information content (AvgIpc) is 3.32. The van der Waals surface area contributed by atoms with Gasteiger partial charge in [0, 0.05) is 51.9 Å². The lowest BCUT2D eigenvalue weighted by molar-refractivity contribution is 0.0593. The Labute approximate surface area is 185 Å². The lowest BCUT2D eigenvalue weighted by Gasteiger charge is -2.34. The summed E-state index contributed by atoms with van der Waals surface area (Å²) >= 11 is 1.64. The van der Waals surface area contributed by atoms with Crippen molar-refractivity contribution in [3.8, 4) is 16.5 Å². The molecule has 0 radical (unpaired) electrons. The first-order valence-corrected chi connectivity index (χ1v) is 11.6. The largest absolute Gasteiger partial charge is 0.383 e. The maximum atomic E-state index is 13.4. The van der Waals surface area contributed by atoms with Crippen molar-refractivity contribution in [2.24, 2.45) is 0 Å². The molecule has 162 valence electrons. The molecule has 5 rings (SSSR count). The summed E-state index contributed by atoms with van der Waals surface area (Å²) in [6.45, 7) is 4.81. The summed E-state index contributed by atoms with van der Waals surface area (Å²) in [4.78, 5) is 27.9. The number of hydrogen-bond acceptors (Lipinski definition) is 7. The molecule has 0 atom stereocenters. The van der Waals surface area contributed by atoms with Crippen LogP contribution in [0.5, 0.6) is 0 Å². The predicted molar refractivity (Wildman–Crippen MR) is 119 cm³/mol. The highest BCUT2D eigenvalue weighted by Gasteiger charge is 2.35. The van der Waals surface area contributed by atoms with Crippen molar-refractivity contribution in [2.45, 2.75) is 18.8 Å². The Morgan fingerprint density at radius 1 is 1.23 bits per heavy atom. The Bertz CT molecular complexity index is 1040. The van der Waals surface area contributed by atoms with Gasteiger partial charge in [-0.2, -0.15) is 5.10 Å². The first-order valence-electron chi connectivity index (χ1n) is 10.7. The van der Waals surface area contributed by atoms with Crippen LogP contribution in [0.25, 0.3) is 16.5 Å². The molecule has 1 aliphatic carbocycles. The fraction of sp³-hybridized carbons (Fsp3) is 0.455. The van der Waals surface area contributed by atoms with Crippen molar-refractivity contribution in [2.75, 3.05) is 46.4 Å². The Kier molecular flexibility index (Phi) is 5.80. The number of aromatic nitrogens is 4. The molecule has 2 fully saturated rings. The monoisotopic (exact) mass is 438 g/mol. The van der Waals surface area contributed by atoms with Crippen molar-refractivity contribution < 1.29 is 9.53 Å². The average molecular weight is 439 g/mol. The molecular formula is C22H26N6O2S. The van der Waals surface area contributed by atoms with Gasteiger partial charge >= 0.3 is 0 Å². The highest BCUT2D eigenvalue weighted by molar-refractivity contribution is 7.13. The molecule has 2 aliphatic rings. The van der Waals surface area contributed by atoms with E-state index in [1.807, 2.05) is 28.5 Å². The molecule has 0 bridgehead atoms. The van der Waals surface area contributed by atoms with Crippen molar-refractivity contribution in [3.63, 3.8) is 0 Å². The van der Waals surface area contributed by atoms with Gasteiger partial charge in [-0.3, -0.25) is 9.69 Å². The molecule has 0 unspecified atom stereocenters. The quantitative estimate of drug-likeness (QED) is 0.565. The highest BCUT2D eigenvalue weighted by Crippen LogP contribution is 2.42. The van der Waals surface area contributed by atoms with Gasteiger partial charge in [0.1, 0.15) is 0 Å². The minimum absolute atomic E-state index is 0.0638. The zero-order valence-corrected chi connectivity index (χ0v) is 18.4. The molecule has 0 spiro atoms. The molecule has 0 aromatic carbocycles. The van der Waals surface area contributed by atoms with Gasteiger partial charge in [0.25, 0.3) is 11.9 Å². The summed E-state index contributed by atoms with van der Waals surface area (Å²) in [5.74, 6) is 0.934. The summed E-state index contributed by atoms with van der Waals surface area (Å²) in [5, 5.41) is 6.60. The van der Waals surface area contributed by atoms with Crippen LogP contribution in [0.3, 0.4) is 0 Å². The van der Waals surface area contributed by atoms with Crippen LogP contribution in [-0.2, 0) is 4.74 Å². The molecule has 1 saturated carbocycles. The van der Waals surface area contributed by atoms with Gasteiger partial charge in [0.15, 0.2) is 0 Å². The molecule has 1 aliphatic heterocycles. The number of amides is 1. The van der Waals surface area contributed by atoms with E-state index in [9.17, 15) is 4.79 Å². The van der Waals surface area contributed by atoms with Crippen LogP contribution in [-0.4, -0.2) is 81.9 Å². The Hall–Kier alpha value is -2.62. The van der Waals surface area contributed by atoms with Crippen molar-refractivity contribution in [1.29, 1.82) is 0 Å². The molecule has 3 aromatic heterocycles. The maximum absolute atomic E-state index is 13.4. The van der Waals surface area contributed by atoms with Crippen LogP contribution in [0, 0.1) is 0 Å². The van der Waals surface area contributed by atoms with Gasteiger partial charge in [-0.05, 0) is 30.4 Å². The second kappa shape index (κ2) is 8.86. The number of carbonyl (C=O) groups excluding carboxylic acids is 1. The number of carbonyl (C=O) groups is 1. The van der Waals surface area contributed by atoms with E-state index in [0.29, 0.717) is 17.4 Å². The van der Waals surface area contributed by atoms with Gasteiger partial charge in [-0.1, -0.05) is 6.07 Å². The third-order valence-electron chi connectivity index (χ3n) is 5.88. The molecule has 4 heterocycles. The topological polar surface area (TPSA) is 76.4 Å². The van der Waals surface area contributed by atoms with Crippen molar-refractivity contribution in [3.05, 3.63) is 47.2 Å². The zero-order chi connectivity index (χ0) is 21.2. The van der Waals surface area contributed by atoms with E-state index in [-0.39, 0.29) is 5.91 Å². The summed E-state index contributed by atoms with van der Waals surface area (Å²) in [7, 11) is 1.72. The minimum atomic E-state index is 0.0638. The Morgan fingerprint density at radius 2 is 2.06 bits per heavy atom. The predicted octanol–water partition coefficient (Wildman–Crippen LogP) is 2.67. The van der Waals surface area contributed by atoms with E-state index in [4.69, 9.17) is 9.72 Å². The number of nitrogens with zero attached hydrogens (tertiary/aromatic N) is 6. The zero-order valence-electron chi connectivity index (χ0n) is 17.6. The minimum Gasteiger partial charge on any atom is -0.383 e. The molecule has 31 heavy (non-hydrogen) atoms. The summed E-state index contributed by atoms with van der Waals surface area (Å²) in [5.41, 5.74) is 2.52. The van der Waals surface area contributed by atoms with Crippen molar-refractivity contribution >= 4 is 17.2 Å². The fourth-order valence-electron chi connectivity index (χ4n) is 4.01. The first kappa shape index (κ1) is 20.3. The second-order valence-electron chi connectivity index (χ2n) is 7.98. The van der Waals surface area contributed by atoms with Crippen LogP contribution in [0.4, 0.5) is 0 Å². The van der Waals surface area contributed by atoms with E-state index >= 15 is 0 Å². The number of thiophene rings is 1. The summed E-state index contributed by atoms with van der Waals surface area (Å²) in [6.07, 6.45) is 5.60. The van der Waals surface area contributed by atoms with Crippen LogP contribution in [0.2, 0.25) is 0 Å². The van der Waals surface area contributed by atoms with E-state index in [1.165, 1.54) is 0 Å². The van der Waals surface area contributed by atoms with Crippen LogP contribution < -0.4 is 0 Å². The van der Waals surface area contributed by atoms with Gasteiger partial charge in [0.2, 0.25) is 0 Å². The third kappa shape index (κ3) is 4.26. The van der Waals surface area contributed by atoms with Crippen LogP contribution in [0.1, 0.15) is 34.8 Å². The van der Waals surface area contributed by atoms with E-state index in [2.05, 4.69) is 15.0 Å². The van der Waals surface area contributed by atoms with E-state index in [1.54, 1.807) is 35.5 Å². The molecular weight excluding hydrogens is 412 g/mol. The lowest BCUT2D eigenvalue weighted by atomic mass is 10.1. The SMILES string of the molecule is COCCN1CCN(C(=O)c2cnn(-c3nccc(-c4cccs4)n3)c2C2CC2)CC1. The van der Waals surface area contributed by atoms with Crippen molar-refractivity contribution in [1.82, 2.24) is 29.5 Å². The molecule has 0 N–H and O–H groups in total. The maximum Gasteiger partial charge on any atom is 0.257 e. The number of piperazine rings is 1. The van der Waals surface area contributed by atoms with Gasteiger partial charge in [-0.15, -0.1) is 11.3 Å². The molecule has 3 aromatic rings. The number of rotatable bonds is 7. The third-order valence-corrected chi connectivity index (χ3v) is 6.77. The summed E-state index contributed by atoms with van der Waals surface area (Å²) < 4.78 is 6.94. The number of methoxy groups -OCH3 is 1. The standard InChI is InChI=1S/C22H26N6O2S/c1-30-13-12-26-8-10-27(11-9-26)21(29)17-15-24-28(20(17)16-4-5-16)22-23-7-6-18(25-22)19-3-2-14-31-19/h2-3,6-7,14-16H,4-5,8-13H2,1H3. The summed E-state index contributed by atoms with van der Waals surface area (Å²) in [6, 6.07) is 5.96.